The van der Waals surface area contributed by atoms with Crippen LogP contribution >= 0.6 is 15.9 Å². The standard InChI is InChI=1S/C10H13BrO2Si/c1-14(2,3)13-10-5-4-8(7-12)6-9(10)11/h4-7H,1-3H3. The summed E-state index contributed by atoms with van der Waals surface area (Å²) >= 11 is 3.38. The van der Waals surface area contributed by atoms with Crippen molar-refractivity contribution >= 4 is 30.5 Å². The van der Waals surface area contributed by atoms with Crippen molar-refractivity contribution < 1.29 is 9.22 Å². The van der Waals surface area contributed by atoms with Crippen molar-refractivity contribution in [2.45, 2.75) is 19.6 Å². The smallest absolute Gasteiger partial charge is 0.242 e. The molecule has 0 heterocycles. The van der Waals surface area contributed by atoms with Crippen LogP contribution in [-0.2, 0) is 0 Å². The third-order valence-electron chi connectivity index (χ3n) is 1.51. The molecule has 0 saturated carbocycles. The second-order valence-electron chi connectivity index (χ2n) is 4.02. The van der Waals surface area contributed by atoms with E-state index in [-0.39, 0.29) is 0 Å². The number of benzene rings is 1. The Hall–Kier alpha value is -0.613. The Morgan fingerprint density at radius 3 is 2.43 bits per heavy atom. The molecule has 0 aliphatic rings. The Labute approximate surface area is 93.5 Å². The molecule has 2 nitrogen and oxygen atoms in total. The van der Waals surface area contributed by atoms with E-state index in [1.807, 2.05) is 6.07 Å². The summed E-state index contributed by atoms with van der Waals surface area (Å²) in [6.45, 7) is 6.35. The Morgan fingerprint density at radius 2 is 2.00 bits per heavy atom. The largest absolute Gasteiger partial charge is 0.544 e. The highest BCUT2D eigenvalue weighted by Crippen LogP contribution is 2.27. The molecule has 0 spiro atoms. The molecule has 0 aliphatic carbocycles. The molecule has 0 radical (unpaired) electrons. The summed E-state index contributed by atoms with van der Waals surface area (Å²) in [5.74, 6) is 0.815. The fourth-order valence-electron chi connectivity index (χ4n) is 1.00. The van der Waals surface area contributed by atoms with E-state index in [9.17, 15) is 4.79 Å². The van der Waals surface area contributed by atoms with Crippen LogP contribution in [0.1, 0.15) is 10.4 Å². The predicted octanol–water partition coefficient (Wildman–Crippen LogP) is 3.48. The van der Waals surface area contributed by atoms with Gasteiger partial charge in [0.2, 0.25) is 8.32 Å². The molecule has 1 rings (SSSR count). The molecule has 14 heavy (non-hydrogen) atoms. The van der Waals surface area contributed by atoms with Gasteiger partial charge in [-0.15, -0.1) is 0 Å². The highest BCUT2D eigenvalue weighted by atomic mass is 79.9. The van der Waals surface area contributed by atoms with Crippen molar-refractivity contribution in [3.63, 3.8) is 0 Å². The molecule has 0 amide bonds. The quantitative estimate of drug-likeness (QED) is 0.622. The minimum absolute atomic E-state index is 0.653. The van der Waals surface area contributed by atoms with Gasteiger partial charge in [-0.3, -0.25) is 4.79 Å². The van der Waals surface area contributed by atoms with Gasteiger partial charge in [-0.25, -0.2) is 0 Å². The number of hydrogen-bond donors (Lipinski definition) is 0. The lowest BCUT2D eigenvalue weighted by molar-refractivity contribution is 0.112. The van der Waals surface area contributed by atoms with Crippen LogP contribution in [0.2, 0.25) is 19.6 Å². The van der Waals surface area contributed by atoms with Gasteiger partial charge in [0.25, 0.3) is 0 Å². The summed E-state index contributed by atoms with van der Waals surface area (Å²) < 4.78 is 6.65. The van der Waals surface area contributed by atoms with E-state index < -0.39 is 8.32 Å². The van der Waals surface area contributed by atoms with Crippen LogP contribution in [0.15, 0.2) is 22.7 Å². The van der Waals surface area contributed by atoms with Gasteiger partial charge in [-0.2, -0.15) is 0 Å². The molecule has 0 fully saturated rings. The summed E-state index contributed by atoms with van der Waals surface area (Å²) in [5.41, 5.74) is 0.653. The van der Waals surface area contributed by atoms with Crippen molar-refractivity contribution in [3.05, 3.63) is 28.2 Å². The van der Waals surface area contributed by atoms with Crippen molar-refractivity contribution in [3.8, 4) is 5.75 Å². The number of rotatable bonds is 3. The SMILES string of the molecule is C[Si](C)(C)Oc1ccc(C=O)cc1Br. The van der Waals surface area contributed by atoms with Crippen LogP contribution in [0.5, 0.6) is 5.75 Å². The van der Waals surface area contributed by atoms with Crippen LogP contribution in [0, 0.1) is 0 Å². The Balaban J connectivity index is 2.95. The molecule has 1 aromatic carbocycles. The maximum atomic E-state index is 10.5. The Kier molecular flexibility index (Phi) is 3.50. The molecule has 1 aromatic rings. The van der Waals surface area contributed by atoms with E-state index in [4.69, 9.17) is 4.43 Å². The molecule has 0 aromatic heterocycles. The fourth-order valence-corrected chi connectivity index (χ4v) is 2.47. The highest BCUT2D eigenvalue weighted by Gasteiger charge is 2.17. The number of halogens is 1. The van der Waals surface area contributed by atoms with Gasteiger partial charge in [0.05, 0.1) is 4.47 Å². The molecule has 0 unspecified atom stereocenters. The van der Waals surface area contributed by atoms with Crippen LogP contribution in [0.25, 0.3) is 0 Å². The average molecular weight is 273 g/mol. The maximum absolute atomic E-state index is 10.5. The first-order chi connectivity index (χ1) is 6.42. The highest BCUT2D eigenvalue weighted by molar-refractivity contribution is 9.10. The van der Waals surface area contributed by atoms with Gasteiger partial charge >= 0.3 is 0 Å². The zero-order chi connectivity index (χ0) is 10.8. The average Bonchev–Trinajstić information content (AvgIpc) is 2.06. The van der Waals surface area contributed by atoms with Gasteiger partial charge in [0.15, 0.2) is 0 Å². The van der Waals surface area contributed by atoms with Gasteiger partial charge < -0.3 is 4.43 Å². The number of carbonyl (C=O) groups is 1. The van der Waals surface area contributed by atoms with Gasteiger partial charge in [0.1, 0.15) is 12.0 Å². The minimum Gasteiger partial charge on any atom is -0.544 e. The lowest BCUT2D eigenvalue weighted by Crippen LogP contribution is -2.29. The monoisotopic (exact) mass is 272 g/mol. The molecule has 0 bridgehead atoms. The second kappa shape index (κ2) is 4.27. The molecule has 0 saturated heterocycles. The van der Waals surface area contributed by atoms with Gasteiger partial charge in [0, 0.05) is 5.56 Å². The first kappa shape index (κ1) is 11.5. The Bertz CT molecular complexity index is 344. The van der Waals surface area contributed by atoms with E-state index in [1.54, 1.807) is 12.1 Å². The van der Waals surface area contributed by atoms with E-state index in [0.717, 1.165) is 16.5 Å². The zero-order valence-electron chi connectivity index (χ0n) is 8.50. The van der Waals surface area contributed by atoms with E-state index in [1.165, 1.54) is 0 Å². The number of aldehydes is 1. The Morgan fingerprint density at radius 1 is 1.36 bits per heavy atom. The fraction of sp³-hybridized carbons (Fsp3) is 0.300. The third-order valence-corrected chi connectivity index (χ3v) is 2.96. The van der Waals surface area contributed by atoms with Gasteiger partial charge in [-0.05, 0) is 53.8 Å². The summed E-state index contributed by atoms with van der Waals surface area (Å²) in [4.78, 5) is 10.5. The first-order valence-electron chi connectivity index (χ1n) is 4.36. The molecule has 0 atom stereocenters. The minimum atomic E-state index is -1.58. The summed E-state index contributed by atoms with van der Waals surface area (Å²) in [5, 5.41) is 0. The molecular weight excluding hydrogens is 260 g/mol. The summed E-state index contributed by atoms with van der Waals surface area (Å²) in [7, 11) is -1.58. The third kappa shape index (κ3) is 3.27. The van der Waals surface area contributed by atoms with E-state index in [2.05, 4.69) is 35.6 Å². The molecule has 4 heteroatoms. The maximum Gasteiger partial charge on any atom is 0.242 e. The normalized spacial score (nSPS) is 11.1. The number of carbonyl (C=O) groups excluding carboxylic acids is 1. The molecular formula is C10H13BrO2Si. The van der Waals surface area contributed by atoms with Crippen molar-refractivity contribution in [1.82, 2.24) is 0 Å². The van der Waals surface area contributed by atoms with Gasteiger partial charge in [-0.1, -0.05) is 0 Å². The van der Waals surface area contributed by atoms with Crippen molar-refractivity contribution in [2.75, 3.05) is 0 Å². The number of hydrogen-bond acceptors (Lipinski definition) is 2. The predicted molar refractivity (Wildman–Crippen MR) is 63.5 cm³/mol. The second-order valence-corrected chi connectivity index (χ2v) is 9.31. The van der Waals surface area contributed by atoms with E-state index >= 15 is 0 Å². The lowest BCUT2D eigenvalue weighted by Gasteiger charge is -2.20. The topological polar surface area (TPSA) is 26.3 Å². The summed E-state index contributed by atoms with van der Waals surface area (Å²) in [6, 6.07) is 5.35. The van der Waals surface area contributed by atoms with Crippen molar-refractivity contribution in [2.24, 2.45) is 0 Å². The lowest BCUT2D eigenvalue weighted by atomic mass is 10.2. The van der Waals surface area contributed by atoms with Crippen molar-refractivity contribution in [1.29, 1.82) is 0 Å². The van der Waals surface area contributed by atoms with Crippen LogP contribution in [-0.4, -0.2) is 14.6 Å². The van der Waals surface area contributed by atoms with Crippen LogP contribution < -0.4 is 4.43 Å². The summed E-state index contributed by atoms with van der Waals surface area (Å²) in [6.07, 6.45) is 0.822. The molecule has 0 N–H and O–H groups in total. The zero-order valence-corrected chi connectivity index (χ0v) is 11.1. The van der Waals surface area contributed by atoms with Crippen LogP contribution in [0.3, 0.4) is 0 Å². The van der Waals surface area contributed by atoms with E-state index in [0.29, 0.717) is 5.56 Å². The molecule has 0 aliphatic heterocycles. The molecule has 76 valence electrons. The van der Waals surface area contributed by atoms with Crippen LogP contribution in [0.4, 0.5) is 0 Å². The first-order valence-corrected chi connectivity index (χ1v) is 8.56.